The number of carbonyl (C=O) groups excluding carboxylic acids is 1. The largest absolute Gasteiger partial charge is 0.461 e. The molecule has 0 aromatic heterocycles. The van der Waals surface area contributed by atoms with Crippen LogP contribution < -0.4 is 9.47 Å². The third-order valence-corrected chi connectivity index (χ3v) is 4.07. The van der Waals surface area contributed by atoms with Crippen LogP contribution in [0.5, 0.6) is 11.5 Å². The van der Waals surface area contributed by atoms with Crippen LogP contribution >= 0.6 is 0 Å². The summed E-state index contributed by atoms with van der Waals surface area (Å²) in [5.41, 5.74) is 0.934. The first kappa shape index (κ1) is 13.3. The molecule has 2 aliphatic rings. The number of hydrogen-bond donors (Lipinski definition) is 0. The van der Waals surface area contributed by atoms with Crippen molar-refractivity contribution >= 4 is 5.97 Å². The molecule has 4 nitrogen and oxygen atoms in total. The molecule has 1 aromatic carbocycles. The van der Waals surface area contributed by atoms with Crippen LogP contribution in [-0.4, -0.2) is 12.8 Å². The molecule has 0 atom stereocenters. The molecule has 0 spiro atoms. The van der Waals surface area contributed by atoms with E-state index in [2.05, 4.69) is 0 Å². The molecular weight excluding hydrogens is 256 g/mol. The molecule has 0 N–H and O–H groups in total. The summed E-state index contributed by atoms with van der Waals surface area (Å²) in [4.78, 5) is 11.7. The molecule has 0 unspecified atom stereocenters. The van der Waals surface area contributed by atoms with E-state index in [-0.39, 0.29) is 12.8 Å². The summed E-state index contributed by atoms with van der Waals surface area (Å²) in [6, 6.07) is 5.62. The third-order valence-electron chi connectivity index (χ3n) is 4.07. The molecule has 0 saturated heterocycles. The van der Waals surface area contributed by atoms with Gasteiger partial charge in [0, 0.05) is 6.42 Å². The van der Waals surface area contributed by atoms with Gasteiger partial charge in [-0.1, -0.05) is 31.7 Å². The molecule has 0 bridgehead atoms. The standard InChI is InChI=1S/C16H20O4/c17-16(8-6-12-3-1-2-4-12)18-10-13-5-7-14-15(9-13)20-11-19-14/h5,7,9,12H,1-4,6,8,10-11H2. The number of carbonyl (C=O) groups is 1. The van der Waals surface area contributed by atoms with Crippen LogP contribution in [0, 0.1) is 5.92 Å². The molecule has 108 valence electrons. The lowest BCUT2D eigenvalue weighted by atomic mass is 10.0. The Morgan fingerprint density at radius 2 is 2.00 bits per heavy atom. The highest BCUT2D eigenvalue weighted by molar-refractivity contribution is 5.69. The first-order chi connectivity index (χ1) is 9.81. The maximum atomic E-state index is 11.7. The lowest BCUT2D eigenvalue weighted by Gasteiger charge is -2.09. The van der Waals surface area contributed by atoms with E-state index in [9.17, 15) is 4.79 Å². The Kier molecular flexibility index (Phi) is 4.09. The van der Waals surface area contributed by atoms with Gasteiger partial charge in [-0.25, -0.2) is 0 Å². The number of rotatable bonds is 5. The number of ether oxygens (including phenoxy) is 3. The minimum atomic E-state index is -0.102. The van der Waals surface area contributed by atoms with Crippen molar-refractivity contribution in [2.45, 2.75) is 45.1 Å². The van der Waals surface area contributed by atoms with Gasteiger partial charge in [-0.15, -0.1) is 0 Å². The second-order valence-electron chi connectivity index (χ2n) is 5.54. The molecule has 1 heterocycles. The van der Waals surface area contributed by atoms with Gasteiger partial charge < -0.3 is 14.2 Å². The first-order valence-corrected chi connectivity index (χ1v) is 7.35. The molecular formula is C16H20O4. The summed E-state index contributed by atoms with van der Waals surface area (Å²) in [5, 5.41) is 0. The van der Waals surface area contributed by atoms with Crippen LogP contribution in [0.3, 0.4) is 0 Å². The smallest absolute Gasteiger partial charge is 0.306 e. The molecule has 1 saturated carbocycles. The van der Waals surface area contributed by atoms with Crippen LogP contribution in [0.2, 0.25) is 0 Å². The second-order valence-corrected chi connectivity index (χ2v) is 5.54. The monoisotopic (exact) mass is 276 g/mol. The molecule has 0 radical (unpaired) electrons. The average Bonchev–Trinajstić information content (AvgIpc) is 3.13. The van der Waals surface area contributed by atoms with Gasteiger partial charge in [-0.05, 0) is 30.0 Å². The molecule has 3 rings (SSSR count). The van der Waals surface area contributed by atoms with E-state index < -0.39 is 0 Å². The zero-order valence-electron chi connectivity index (χ0n) is 11.6. The third kappa shape index (κ3) is 3.24. The minimum Gasteiger partial charge on any atom is -0.461 e. The van der Waals surface area contributed by atoms with Gasteiger partial charge in [-0.3, -0.25) is 4.79 Å². The molecule has 1 aliphatic heterocycles. The molecule has 1 aromatic rings. The van der Waals surface area contributed by atoms with Crippen molar-refractivity contribution in [2.24, 2.45) is 5.92 Å². The summed E-state index contributed by atoms with van der Waals surface area (Å²) in [5.74, 6) is 2.11. The summed E-state index contributed by atoms with van der Waals surface area (Å²) >= 11 is 0. The molecule has 1 fully saturated rings. The van der Waals surface area contributed by atoms with Gasteiger partial charge in [0.2, 0.25) is 6.79 Å². The topological polar surface area (TPSA) is 44.8 Å². The van der Waals surface area contributed by atoms with E-state index in [4.69, 9.17) is 14.2 Å². The lowest BCUT2D eigenvalue weighted by molar-refractivity contribution is -0.145. The predicted octanol–water partition coefficient (Wildman–Crippen LogP) is 3.43. The lowest BCUT2D eigenvalue weighted by Crippen LogP contribution is -2.06. The van der Waals surface area contributed by atoms with Crippen molar-refractivity contribution in [3.63, 3.8) is 0 Å². The average molecular weight is 276 g/mol. The Morgan fingerprint density at radius 3 is 2.85 bits per heavy atom. The van der Waals surface area contributed by atoms with Crippen molar-refractivity contribution in [2.75, 3.05) is 6.79 Å². The first-order valence-electron chi connectivity index (χ1n) is 7.35. The summed E-state index contributed by atoms with van der Waals surface area (Å²) < 4.78 is 15.9. The maximum absolute atomic E-state index is 11.7. The van der Waals surface area contributed by atoms with Gasteiger partial charge in [0.05, 0.1) is 0 Å². The second kappa shape index (κ2) is 6.16. The summed E-state index contributed by atoms with van der Waals surface area (Å²) in [6.07, 6.45) is 6.69. The zero-order valence-corrected chi connectivity index (χ0v) is 11.6. The maximum Gasteiger partial charge on any atom is 0.306 e. The van der Waals surface area contributed by atoms with Crippen molar-refractivity contribution in [1.29, 1.82) is 0 Å². The zero-order chi connectivity index (χ0) is 13.8. The highest BCUT2D eigenvalue weighted by Gasteiger charge is 2.17. The molecule has 20 heavy (non-hydrogen) atoms. The van der Waals surface area contributed by atoms with Crippen LogP contribution in [-0.2, 0) is 16.1 Å². The SMILES string of the molecule is O=C(CCC1CCCC1)OCc1ccc2c(c1)OCO2. The van der Waals surface area contributed by atoms with Gasteiger partial charge in [0.15, 0.2) is 11.5 Å². The van der Waals surface area contributed by atoms with E-state index >= 15 is 0 Å². The van der Waals surface area contributed by atoms with Crippen LogP contribution in [0.1, 0.15) is 44.1 Å². The van der Waals surface area contributed by atoms with Gasteiger partial charge in [0.25, 0.3) is 0 Å². The Morgan fingerprint density at radius 1 is 1.20 bits per heavy atom. The van der Waals surface area contributed by atoms with Gasteiger partial charge >= 0.3 is 5.97 Å². The molecule has 1 aliphatic carbocycles. The highest BCUT2D eigenvalue weighted by atomic mass is 16.7. The number of fused-ring (bicyclic) bond motifs is 1. The van der Waals surface area contributed by atoms with Crippen molar-refractivity contribution in [3.05, 3.63) is 23.8 Å². The van der Waals surface area contributed by atoms with Crippen LogP contribution in [0.15, 0.2) is 18.2 Å². The van der Waals surface area contributed by atoms with Crippen molar-refractivity contribution in [3.8, 4) is 11.5 Å². The highest BCUT2D eigenvalue weighted by Crippen LogP contribution is 2.32. The predicted molar refractivity (Wildman–Crippen MR) is 73.6 cm³/mol. The number of hydrogen-bond acceptors (Lipinski definition) is 4. The van der Waals surface area contributed by atoms with Crippen molar-refractivity contribution in [1.82, 2.24) is 0 Å². The Hall–Kier alpha value is -1.71. The van der Waals surface area contributed by atoms with Gasteiger partial charge in [-0.2, -0.15) is 0 Å². The Bertz CT molecular complexity index is 477. The quantitative estimate of drug-likeness (QED) is 0.773. The fourth-order valence-electron chi connectivity index (χ4n) is 2.89. The fourth-order valence-corrected chi connectivity index (χ4v) is 2.89. The minimum absolute atomic E-state index is 0.102. The van der Waals surface area contributed by atoms with Crippen LogP contribution in [0.4, 0.5) is 0 Å². The van der Waals surface area contributed by atoms with Crippen molar-refractivity contribution < 1.29 is 19.0 Å². The van der Waals surface area contributed by atoms with E-state index in [0.29, 0.717) is 13.0 Å². The number of esters is 1. The fraction of sp³-hybridized carbons (Fsp3) is 0.562. The summed E-state index contributed by atoms with van der Waals surface area (Å²) in [6.45, 7) is 0.570. The molecule has 0 amide bonds. The normalized spacial score (nSPS) is 17.4. The van der Waals surface area contributed by atoms with E-state index in [0.717, 1.165) is 29.4 Å². The summed E-state index contributed by atoms with van der Waals surface area (Å²) in [7, 11) is 0. The Labute approximate surface area is 119 Å². The van der Waals surface area contributed by atoms with E-state index in [1.54, 1.807) is 0 Å². The van der Waals surface area contributed by atoms with E-state index in [1.165, 1.54) is 25.7 Å². The number of benzene rings is 1. The van der Waals surface area contributed by atoms with E-state index in [1.807, 2.05) is 18.2 Å². The van der Waals surface area contributed by atoms with Crippen LogP contribution in [0.25, 0.3) is 0 Å². The Balaban J connectivity index is 1.43. The molecule has 4 heteroatoms. The van der Waals surface area contributed by atoms with Gasteiger partial charge in [0.1, 0.15) is 6.61 Å².